The summed E-state index contributed by atoms with van der Waals surface area (Å²) >= 11 is 0. The van der Waals surface area contributed by atoms with Gasteiger partial charge in [0.15, 0.2) is 0 Å². The number of rotatable bonds is 5. The third-order valence-electron chi connectivity index (χ3n) is 2.82. The monoisotopic (exact) mass is 258 g/mol. The van der Waals surface area contributed by atoms with Crippen molar-refractivity contribution < 1.29 is 4.79 Å². The Morgan fingerprint density at radius 3 is 2.95 bits per heavy atom. The number of amides is 1. The molecular weight excluding hydrogens is 240 g/mol. The Morgan fingerprint density at radius 2 is 2.26 bits per heavy atom. The van der Waals surface area contributed by atoms with Gasteiger partial charge in [-0.2, -0.15) is 5.10 Å². The highest BCUT2D eigenvalue weighted by molar-refractivity contribution is 5.94. The van der Waals surface area contributed by atoms with E-state index in [9.17, 15) is 4.79 Å². The molecular formula is C14H18N4O. The van der Waals surface area contributed by atoms with Crippen molar-refractivity contribution in [3.05, 3.63) is 53.3 Å². The van der Waals surface area contributed by atoms with E-state index in [2.05, 4.69) is 10.4 Å². The summed E-state index contributed by atoms with van der Waals surface area (Å²) in [6.45, 7) is 1.01. The Morgan fingerprint density at radius 1 is 1.42 bits per heavy atom. The highest BCUT2D eigenvalue weighted by atomic mass is 16.1. The Bertz CT molecular complexity index is 562. The summed E-state index contributed by atoms with van der Waals surface area (Å²) in [5.74, 6) is -0.0930. The van der Waals surface area contributed by atoms with Gasteiger partial charge in [0.2, 0.25) is 0 Å². The highest BCUT2D eigenvalue weighted by Gasteiger charge is 2.06. The molecule has 0 fully saturated rings. The van der Waals surface area contributed by atoms with Crippen molar-refractivity contribution >= 4 is 5.91 Å². The van der Waals surface area contributed by atoms with E-state index in [4.69, 9.17) is 5.73 Å². The lowest BCUT2D eigenvalue weighted by atomic mass is 10.1. The number of nitrogens with two attached hydrogens (primary N) is 1. The number of aromatic nitrogens is 2. The maximum atomic E-state index is 12.0. The van der Waals surface area contributed by atoms with Crippen LogP contribution in [-0.4, -0.2) is 22.2 Å². The Kier molecular flexibility index (Phi) is 4.30. The lowest BCUT2D eigenvalue weighted by Crippen LogP contribution is -2.23. The molecule has 3 N–H and O–H groups in total. The predicted octanol–water partition coefficient (Wildman–Crippen LogP) is 0.851. The molecule has 0 radical (unpaired) electrons. The van der Waals surface area contributed by atoms with E-state index >= 15 is 0 Å². The fraction of sp³-hybridized carbons (Fsp3) is 0.286. The Balaban J connectivity index is 1.97. The summed E-state index contributed by atoms with van der Waals surface area (Å²) in [5, 5.41) is 7.06. The average Bonchev–Trinajstić information content (AvgIpc) is 2.82. The van der Waals surface area contributed by atoms with Gasteiger partial charge in [-0.3, -0.25) is 9.48 Å². The zero-order chi connectivity index (χ0) is 13.7. The van der Waals surface area contributed by atoms with Crippen molar-refractivity contribution in [1.82, 2.24) is 15.1 Å². The molecule has 5 heteroatoms. The topological polar surface area (TPSA) is 72.9 Å². The zero-order valence-corrected chi connectivity index (χ0v) is 11.0. The summed E-state index contributed by atoms with van der Waals surface area (Å²) < 4.78 is 1.71. The van der Waals surface area contributed by atoms with Crippen LogP contribution >= 0.6 is 0 Å². The van der Waals surface area contributed by atoms with E-state index in [0.717, 1.165) is 17.7 Å². The third-order valence-corrected chi connectivity index (χ3v) is 2.82. The predicted molar refractivity (Wildman–Crippen MR) is 73.6 cm³/mol. The normalized spacial score (nSPS) is 10.4. The minimum absolute atomic E-state index is 0.0930. The van der Waals surface area contributed by atoms with Gasteiger partial charge in [-0.15, -0.1) is 0 Å². The van der Waals surface area contributed by atoms with Gasteiger partial charge in [-0.05, 0) is 36.7 Å². The number of hydrogen-bond acceptors (Lipinski definition) is 3. The minimum Gasteiger partial charge on any atom is -0.346 e. The smallest absolute Gasteiger partial charge is 0.251 e. The SMILES string of the molecule is Cn1ccc(CNC(=O)c2cccc(CCN)c2)n1. The second-order valence-corrected chi connectivity index (χ2v) is 4.40. The molecule has 0 aliphatic carbocycles. The van der Waals surface area contributed by atoms with Crippen LogP contribution in [-0.2, 0) is 20.0 Å². The van der Waals surface area contributed by atoms with Crippen molar-refractivity contribution in [2.45, 2.75) is 13.0 Å². The first-order chi connectivity index (χ1) is 9.19. The molecule has 19 heavy (non-hydrogen) atoms. The third kappa shape index (κ3) is 3.66. The largest absolute Gasteiger partial charge is 0.346 e. The number of benzene rings is 1. The van der Waals surface area contributed by atoms with E-state index in [-0.39, 0.29) is 5.91 Å². The van der Waals surface area contributed by atoms with Crippen LogP contribution in [0.2, 0.25) is 0 Å². The van der Waals surface area contributed by atoms with Crippen LogP contribution in [0, 0.1) is 0 Å². The second kappa shape index (κ2) is 6.15. The molecule has 0 saturated heterocycles. The van der Waals surface area contributed by atoms with Crippen molar-refractivity contribution in [1.29, 1.82) is 0 Å². The van der Waals surface area contributed by atoms with Gasteiger partial charge in [0.1, 0.15) is 0 Å². The molecule has 2 rings (SSSR count). The van der Waals surface area contributed by atoms with Crippen LogP contribution in [0.4, 0.5) is 0 Å². The van der Waals surface area contributed by atoms with Crippen LogP contribution < -0.4 is 11.1 Å². The first-order valence-electron chi connectivity index (χ1n) is 6.25. The highest BCUT2D eigenvalue weighted by Crippen LogP contribution is 2.06. The van der Waals surface area contributed by atoms with Gasteiger partial charge in [-0.1, -0.05) is 12.1 Å². The van der Waals surface area contributed by atoms with E-state index < -0.39 is 0 Å². The van der Waals surface area contributed by atoms with Crippen LogP contribution in [0.3, 0.4) is 0 Å². The summed E-state index contributed by atoms with van der Waals surface area (Å²) in [4.78, 5) is 12.0. The molecule has 0 aliphatic heterocycles. The first kappa shape index (κ1) is 13.3. The standard InChI is InChI=1S/C14H18N4O/c1-18-8-6-13(17-18)10-16-14(19)12-4-2-3-11(9-12)5-7-15/h2-4,6,8-9H,5,7,10,15H2,1H3,(H,16,19). The van der Waals surface area contributed by atoms with Gasteiger partial charge < -0.3 is 11.1 Å². The lowest BCUT2D eigenvalue weighted by Gasteiger charge is -2.05. The molecule has 0 saturated carbocycles. The molecule has 5 nitrogen and oxygen atoms in total. The molecule has 2 aromatic rings. The van der Waals surface area contributed by atoms with Gasteiger partial charge in [0.25, 0.3) is 5.91 Å². The quantitative estimate of drug-likeness (QED) is 0.835. The summed E-state index contributed by atoms with van der Waals surface area (Å²) in [7, 11) is 1.85. The van der Waals surface area contributed by atoms with Crippen LogP contribution in [0.15, 0.2) is 36.5 Å². The van der Waals surface area contributed by atoms with Gasteiger partial charge in [-0.25, -0.2) is 0 Å². The second-order valence-electron chi connectivity index (χ2n) is 4.40. The molecule has 0 spiro atoms. The molecule has 100 valence electrons. The maximum Gasteiger partial charge on any atom is 0.251 e. The number of carbonyl (C=O) groups excluding carboxylic acids is 1. The molecule has 1 heterocycles. The Labute approximate surface area is 112 Å². The fourth-order valence-electron chi connectivity index (χ4n) is 1.87. The number of aryl methyl sites for hydroxylation is 1. The van der Waals surface area contributed by atoms with Crippen LogP contribution in [0.5, 0.6) is 0 Å². The number of carbonyl (C=O) groups is 1. The fourth-order valence-corrected chi connectivity index (χ4v) is 1.87. The molecule has 1 amide bonds. The molecule has 1 aromatic heterocycles. The number of hydrogen-bond donors (Lipinski definition) is 2. The van der Waals surface area contributed by atoms with E-state index in [1.807, 2.05) is 37.5 Å². The summed E-state index contributed by atoms with van der Waals surface area (Å²) in [6, 6.07) is 9.41. The van der Waals surface area contributed by atoms with Gasteiger partial charge >= 0.3 is 0 Å². The molecule has 1 aromatic carbocycles. The molecule has 0 aliphatic rings. The van der Waals surface area contributed by atoms with E-state index in [0.29, 0.717) is 18.7 Å². The summed E-state index contributed by atoms with van der Waals surface area (Å²) in [5.41, 5.74) is 8.09. The van der Waals surface area contributed by atoms with Crippen molar-refractivity contribution in [2.24, 2.45) is 12.8 Å². The van der Waals surface area contributed by atoms with E-state index in [1.54, 1.807) is 10.7 Å². The van der Waals surface area contributed by atoms with Crippen LogP contribution in [0.25, 0.3) is 0 Å². The van der Waals surface area contributed by atoms with Gasteiger partial charge in [0, 0.05) is 18.8 Å². The van der Waals surface area contributed by atoms with Crippen molar-refractivity contribution in [2.75, 3.05) is 6.54 Å². The van der Waals surface area contributed by atoms with Crippen molar-refractivity contribution in [3.8, 4) is 0 Å². The minimum atomic E-state index is -0.0930. The van der Waals surface area contributed by atoms with Crippen LogP contribution in [0.1, 0.15) is 21.6 Å². The maximum absolute atomic E-state index is 12.0. The van der Waals surface area contributed by atoms with Crippen molar-refractivity contribution in [3.63, 3.8) is 0 Å². The van der Waals surface area contributed by atoms with Gasteiger partial charge in [0.05, 0.1) is 12.2 Å². The number of nitrogens with zero attached hydrogens (tertiary/aromatic N) is 2. The zero-order valence-electron chi connectivity index (χ0n) is 11.0. The molecule has 0 bridgehead atoms. The Hall–Kier alpha value is -2.14. The molecule has 0 unspecified atom stereocenters. The van der Waals surface area contributed by atoms with E-state index in [1.165, 1.54) is 0 Å². The summed E-state index contributed by atoms with van der Waals surface area (Å²) in [6.07, 6.45) is 2.63. The number of nitrogens with one attached hydrogen (secondary N) is 1. The first-order valence-corrected chi connectivity index (χ1v) is 6.25. The average molecular weight is 258 g/mol. The molecule has 0 atom stereocenters. The lowest BCUT2D eigenvalue weighted by molar-refractivity contribution is 0.0950.